The SMILES string of the molecule is CN(C)N([C]=O)c1ccccc1. The second-order valence-electron chi connectivity index (χ2n) is 2.59. The van der Waals surface area contributed by atoms with Gasteiger partial charge in [-0.05, 0) is 12.1 Å². The molecule has 0 saturated carbocycles. The number of rotatable bonds is 3. The molecule has 0 aliphatic heterocycles. The minimum absolute atomic E-state index is 0.817. The fourth-order valence-electron chi connectivity index (χ4n) is 0.934. The summed E-state index contributed by atoms with van der Waals surface area (Å²) in [4.78, 5) is 10.5. The highest BCUT2D eigenvalue weighted by atomic mass is 16.1. The highest BCUT2D eigenvalue weighted by Crippen LogP contribution is 2.11. The van der Waals surface area contributed by atoms with Crippen LogP contribution >= 0.6 is 0 Å². The number of amides is 1. The zero-order valence-electron chi connectivity index (χ0n) is 7.19. The molecular formula is C9H11N2O. The predicted octanol–water partition coefficient (Wildman–Crippen LogP) is 1.04. The lowest BCUT2D eigenvalue weighted by Gasteiger charge is -2.22. The molecule has 3 nitrogen and oxygen atoms in total. The van der Waals surface area contributed by atoms with E-state index in [9.17, 15) is 4.79 Å². The maximum Gasteiger partial charge on any atom is 0.332 e. The standard InChI is InChI=1S/C9H11N2O/c1-10(2)11(8-12)9-6-4-3-5-7-9/h3-7H,1-2H3. The summed E-state index contributed by atoms with van der Waals surface area (Å²) in [7, 11) is 3.58. The Balaban J connectivity index is 2.88. The van der Waals surface area contributed by atoms with Gasteiger partial charge in [-0.15, -0.1) is 0 Å². The van der Waals surface area contributed by atoms with Gasteiger partial charge in [-0.25, -0.2) is 10.0 Å². The van der Waals surface area contributed by atoms with Gasteiger partial charge in [-0.3, -0.25) is 4.79 Å². The second kappa shape index (κ2) is 3.88. The summed E-state index contributed by atoms with van der Waals surface area (Å²) in [6.45, 7) is 0. The smallest absolute Gasteiger partial charge is 0.261 e. The molecule has 63 valence electrons. The van der Waals surface area contributed by atoms with Crippen molar-refractivity contribution in [3.05, 3.63) is 30.3 Å². The largest absolute Gasteiger partial charge is 0.332 e. The quantitative estimate of drug-likeness (QED) is 0.491. The number of benzene rings is 1. The van der Waals surface area contributed by atoms with Crippen molar-refractivity contribution in [2.24, 2.45) is 0 Å². The van der Waals surface area contributed by atoms with E-state index in [1.165, 1.54) is 5.01 Å². The van der Waals surface area contributed by atoms with Crippen LogP contribution in [0.5, 0.6) is 0 Å². The molecule has 12 heavy (non-hydrogen) atoms. The Bertz CT molecular complexity index is 246. The van der Waals surface area contributed by atoms with Crippen molar-refractivity contribution in [2.45, 2.75) is 0 Å². The van der Waals surface area contributed by atoms with Crippen LogP contribution < -0.4 is 5.01 Å². The van der Waals surface area contributed by atoms with E-state index in [0.717, 1.165) is 5.69 Å². The van der Waals surface area contributed by atoms with Crippen molar-refractivity contribution in [1.82, 2.24) is 5.01 Å². The fraction of sp³-hybridized carbons (Fsp3) is 0.222. The van der Waals surface area contributed by atoms with Crippen molar-refractivity contribution in [1.29, 1.82) is 0 Å². The van der Waals surface area contributed by atoms with E-state index in [2.05, 4.69) is 0 Å². The summed E-state index contributed by atoms with van der Waals surface area (Å²) in [5.41, 5.74) is 0.817. The Morgan fingerprint density at radius 3 is 2.17 bits per heavy atom. The second-order valence-corrected chi connectivity index (χ2v) is 2.59. The van der Waals surface area contributed by atoms with Crippen LogP contribution in [0.4, 0.5) is 5.69 Å². The topological polar surface area (TPSA) is 23.6 Å². The van der Waals surface area contributed by atoms with E-state index in [0.29, 0.717) is 0 Å². The average Bonchev–Trinajstić information content (AvgIpc) is 2.07. The van der Waals surface area contributed by atoms with Gasteiger partial charge in [0.15, 0.2) is 0 Å². The molecule has 0 spiro atoms. The van der Waals surface area contributed by atoms with Crippen LogP contribution in [0.2, 0.25) is 0 Å². The summed E-state index contributed by atoms with van der Waals surface area (Å²) in [5.74, 6) is 0. The molecule has 0 N–H and O–H groups in total. The maximum atomic E-state index is 10.5. The van der Waals surface area contributed by atoms with Gasteiger partial charge < -0.3 is 0 Å². The molecule has 0 fully saturated rings. The maximum absolute atomic E-state index is 10.5. The third-order valence-corrected chi connectivity index (χ3v) is 1.49. The van der Waals surface area contributed by atoms with Gasteiger partial charge in [0.05, 0.1) is 5.69 Å². The van der Waals surface area contributed by atoms with Gasteiger partial charge in [0, 0.05) is 14.1 Å². The molecule has 0 saturated heterocycles. The minimum atomic E-state index is 0.817. The van der Waals surface area contributed by atoms with Crippen LogP contribution in [-0.4, -0.2) is 25.5 Å². The summed E-state index contributed by atoms with van der Waals surface area (Å²) in [6, 6.07) is 9.37. The van der Waals surface area contributed by atoms with E-state index < -0.39 is 0 Å². The van der Waals surface area contributed by atoms with Gasteiger partial charge in [-0.2, -0.15) is 0 Å². The zero-order chi connectivity index (χ0) is 8.97. The van der Waals surface area contributed by atoms with Gasteiger partial charge in [0.1, 0.15) is 0 Å². The lowest BCUT2D eigenvalue weighted by Crippen LogP contribution is -2.35. The number of hydrogen-bond donors (Lipinski definition) is 0. The Kier molecular flexibility index (Phi) is 2.82. The molecule has 0 aliphatic rings. The number of hydrogen-bond acceptors (Lipinski definition) is 2. The lowest BCUT2D eigenvalue weighted by molar-refractivity contribution is 0.410. The van der Waals surface area contributed by atoms with E-state index in [4.69, 9.17) is 0 Å². The third-order valence-electron chi connectivity index (χ3n) is 1.49. The molecule has 1 amide bonds. The van der Waals surface area contributed by atoms with Crippen molar-refractivity contribution >= 4 is 12.1 Å². The summed E-state index contributed by atoms with van der Waals surface area (Å²) >= 11 is 0. The van der Waals surface area contributed by atoms with Gasteiger partial charge in [0.25, 0.3) is 0 Å². The number of hydrazine groups is 1. The first-order valence-electron chi connectivity index (χ1n) is 3.66. The van der Waals surface area contributed by atoms with E-state index in [1.54, 1.807) is 19.1 Å². The van der Waals surface area contributed by atoms with Crippen LogP contribution in [0.15, 0.2) is 30.3 Å². The molecule has 0 unspecified atom stereocenters. The summed E-state index contributed by atoms with van der Waals surface area (Å²) < 4.78 is 0. The molecule has 1 aromatic rings. The molecule has 0 atom stereocenters. The Morgan fingerprint density at radius 2 is 1.75 bits per heavy atom. The van der Waals surface area contributed by atoms with Crippen molar-refractivity contribution in [3.8, 4) is 0 Å². The molecule has 1 aromatic carbocycles. The van der Waals surface area contributed by atoms with E-state index in [1.807, 2.05) is 36.7 Å². The molecule has 1 rings (SSSR count). The average molecular weight is 163 g/mol. The fourth-order valence-corrected chi connectivity index (χ4v) is 0.934. The molecule has 0 aliphatic carbocycles. The Labute approximate surface area is 72.2 Å². The van der Waals surface area contributed by atoms with Crippen LogP contribution in [0.25, 0.3) is 0 Å². The van der Waals surface area contributed by atoms with Crippen molar-refractivity contribution in [3.63, 3.8) is 0 Å². The van der Waals surface area contributed by atoms with Gasteiger partial charge in [-0.1, -0.05) is 18.2 Å². The van der Waals surface area contributed by atoms with Crippen molar-refractivity contribution < 1.29 is 4.79 Å². The number of para-hydroxylation sites is 1. The Hall–Kier alpha value is -1.35. The van der Waals surface area contributed by atoms with Crippen LogP contribution in [0.1, 0.15) is 0 Å². The molecule has 3 heteroatoms. The lowest BCUT2D eigenvalue weighted by atomic mass is 10.3. The van der Waals surface area contributed by atoms with E-state index >= 15 is 0 Å². The molecule has 0 bridgehead atoms. The summed E-state index contributed by atoms with van der Waals surface area (Å²) in [5, 5.41) is 3.07. The van der Waals surface area contributed by atoms with Crippen LogP contribution in [-0.2, 0) is 4.79 Å². The van der Waals surface area contributed by atoms with E-state index in [-0.39, 0.29) is 0 Å². The zero-order valence-corrected chi connectivity index (χ0v) is 7.19. The minimum Gasteiger partial charge on any atom is -0.261 e. The highest BCUT2D eigenvalue weighted by molar-refractivity contribution is 5.73. The Morgan fingerprint density at radius 1 is 1.17 bits per heavy atom. The number of anilines is 1. The van der Waals surface area contributed by atoms with Crippen LogP contribution in [0.3, 0.4) is 0 Å². The summed E-state index contributed by atoms with van der Waals surface area (Å²) in [6.07, 6.45) is 1.83. The highest BCUT2D eigenvalue weighted by Gasteiger charge is 2.06. The molecule has 1 radical (unpaired) electrons. The van der Waals surface area contributed by atoms with Crippen molar-refractivity contribution in [2.75, 3.05) is 19.1 Å². The molecule has 0 heterocycles. The first-order valence-corrected chi connectivity index (χ1v) is 3.66. The predicted molar refractivity (Wildman–Crippen MR) is 48.3 cm³/mol. The van der Waals surface area contributed by atoms with Crippen LogP contribution in [0, 0.1) is 0 Å². The molecule has 0 aromatic heterocycles. The number of carbonyl (C=O) groups excluding carboxylic acids is 1. The monoisotopic (exact) mass is 163 g/mol. The first-order chi connectivity index (χ1) is 5.75. The molecular weight excluding hydrogens is 152 g/mol. The van der Waals surface area contributed by atoms with Gasteiger partial charge in [0.2, 0.25) is 0 Å². The number of nitrogens with zero attached hydrogens (tertiary/aromatic N) is 2. The third kappa shape index (κ3) is 1.83. The van der Waals surface area contributed by atoms with Gasteiger partial charge >= 0.3 is 6.41 Å². The normalized spacial score (nSPS) is 9.92. The first kappa shape index (κ1) is 8.74.